The normalized spacial score (nSPS) is 18.4. The van der Waals surface area contributed by atoms with Crippen molar-refractivity contribution in [3.05, 3.63) is 50.8 Å². The molecule has 0 saturated carbocycles. The maximum Gasteiger partial charge on any atom is 0.325 e. The van der Waals surface area contributed by atoms with Gasteiger partial charge in [-0.3, -0.25) is 14.6 Å². The van der Waals surface area contributed by atoms with Gasteiger partial charge in [-0.15, -0.1) is 0 Å². The minimum absolute atomic E-state index is 0.0388. The molecule has 142 valence electrons. The molecule has 1 fully saturated rings. The van der Waals surface area contributed by atoms with E-state index in [9.17, 15) is 14.4 Å². The first kappa shape index (κ1) is 17.2. The lowest BCUT2D eigenvalue weighted by molar-refractivity contribution is -0.131. The van der Waals surface area contributed by atoms with Crippen LogP contribution in [0.15, 0.2) is 34.0 Å². The van der Waals surface area contributed by atoms with E-state index in [0.717, 1.165) is 24.3 Å². The Hall–Kier alpha value is -3.23. The van der Waals surface area contributed by atoms with Crippen LogP contribution in [0.25, 0.3) is 0 Å². The topological polar surface area (TPSA) is 117 Å². The standard InChI is InChI=1S/C18H20N4O5/c23-16(6-11-8-19-18(25)21-17(11)24)22-5-1-2-13(9-22)20-12-3-4-14-15(7-12)27-10-26-14/h3-4,7-8,13,20H,1-2,5-6,9-10H2,(H2,19,21,24,25)/t13-/m1/s1. The van der Waals surface area contributed by atoms with Gasteiger partial charge in [0.15, 0.2) is 11.5 Å². The molecule has 0 spiro atoms. The summed E-state index contributed by atoms with van der Waals surface area (Å²) in [6, 6.07) is 5.78. The quantitative estimate of drug-likeness (QED) is 0.717. The Kier molecular flexibility index (Phi) is 4.57. The van der Waals surface area contributed by atoms with Crippen LogP contribution in [0.2, 0.25) is 0 Å². The fourth-order valence-electron chi connectivity index (χ4n) is 3.39. The molecule has 1 aromatic heterocycles. The summed E-state index contributed by atoms with van der Waals surface area (Å²) < 4.78 is 10.7. The molecule has 27 heavy (non-hydrogen) atoms. The Balaban J connectivity index is 1.39. The molecule has 1 saturated heterocycles. The van der Waals surface area contributed by atoms with Gasteiger partial charge in [0, 0.05) is 42.6 Å². The molecule has 0 unspecified atom stereocenters. The fraction of sp³-hybridized carbons (Fsp3) is 0.389. The first-order chi connectivity index (χ1) is 13.1. The van der Waals surface area contributed by atoms with Crippen molar-refractivity contribution in [1.82, 2.24) is 14.9 Å². The third-order valence-corrected chi connectivity index (χ3v) is 4.76. The Bertz CT molecular complexity index is 967. The van der Waals surface area contributed by atoms with E-state index in [1.54, 1.807) is 4.90 Å². The second kappa shape index (κ2) is 7.18. The Morgan fingerprint density at radius 3 is 2.96 bits per heavy atom. The number of fused-ring (bicyclic) bond motifs is 1. The van der Waals surface area contributed by atoms with Gasteiger partial charge in [0.2, 0.25) is 12.7 Å². The minimum Gasteiger partial charge on any atom is -0.454 e. The minimum atomic E-state index is -0.581. The van der Waals surface area contributed by atoms with E-state index in [-0.39, 0.29) is 30.7 Å². The molecule has 1 atom stereocenters. The number of carbonyl (C=O) groups is 1. The molecule has 9 heteroatoms. The fourth-order valence-corrected chi connectivity index (χ4v) is 3.39. The summed E-state index contributed by atoms with van der Waals surface area (Å²) in [5, 5.41) is 3.43. The van der Waals surface area contributed by atoms with Gasteiger partial charge in [-0.05, 0) is 25.0 Å². The average molecular weight is 372 g/mol. The van der Waals surface area contributed by atoms with E-state index >= 15 is 0 Å². The second-order valence-electron chi connectivity index (χ2n) is 6.67. The number of carbonyl (C=O) groups excluding carboxylic acids is 1. The van der Waals surface area contributed by atoms with Crippen LogP contribution in [0.1, 0.15) is 18.4 Å². The van der Waals surface area contributed by atoms with Gasteiger partial charge in [0.1, 0.15) is 0 Å². The summed E-state index contributed by atoms with van der Waals surface area (Å²) in [6.07, 6.45) is 3.07. The van der Waals surface area contributed by atoms with Crippen LogP contribution < -0.4 is 26.0 Å². The Morgan fingerprint density at radius 2 is 2.11 bits per heavy atom. The number of likely N-dealkylation sites (tertiary alicyclic amines) is 1. The molecule has 3 N–H and O–H groups in total. The summed E-state index contributed by atoms with van der Waals surface area (Å²) >= 11 is 0. The predicted molar refractivity (Wildman–Crippen MR) is 97.2 cm³/mol. The molecule has 2 aliphatic rings. The lowest BCUT2D eigenvalue weighted by Gasteiger charge is -2.33. The number of hydrogen-bond donors (Lipinski definition) is 3. The number of amides is 1. The van der Waals surface area contributed by atoms with Crippen LogP contribution in [0.5, 0.6) is 11.5 Å². The molecule has 4 rings (SSSR count). The predicted octanol–water partition coefficient (Wildman–Crippen LogP) is 0.438. The first-order valence-corrected chi connectivity index (χ1v) is 8.83. The number of anilines is 1. The zero-order chi connectivity index (χ0) is 18.8. The van der Waals surface area contributed by atoms with Gasteiger partial charge in [-0.2, -0.15) is 0 Å². The molecular weight excluding hydrogens is 352 g/mol. The van der Waals surface area contributed by atoms with E-state index < -0.39 is 11.2 Å². The van der Waals surface area contributed by atoms with Gasteiger partial charge in [0.25, 0.3) is 5.56 Å². The highest BCUT2D eigenvalue weighted by Gasteiger charge is 2.25. The number of H-pyrrole nitrogens is 2. The molecule has 0 radical (unpaired) electrons. The summed E-state index contributed by atoms with van der Waals surface area (Å²) in [6.45, 7) is 1.43. The van der Waals surface area contributed by atoms with E-state index in [0.29, 0.717) is 18.8 Å². The molecule has 1 aromatic carbocycles. The van der Waals surface area contributed by atoms with Crippen molar-refractivity contribution in [1.29, 1.82) is 0 Å². The maximum absolute atomic E-state index is 12.6. The van der Waals surface area contributed by atoms with Crippen molar-refractivity contribution < 1.29 is 14.3 Å². The number of piperidine rings is 1. The smallest absolute Gasteiger partial charge is 0.325 e. The highest BCUT2D eigenvalue weighted by molar-refractivity contribution is 5.78. The maximum atomic E-state index is 12.6. The van der Waals surface area contributed by atoms with Crippen LogP contribution in [0, 0.1) is 0 Å². The van der Waals surface area contributed by atoms with Gasteiger partial charge >= 0.3 is 5.69 Å². The molecule has 0 aliphatic carbocycles. The van der Waals surface area contributed by atoms with Crippen molar-refractivity contribution in [2.45, 2.75) is 25.3 Å². The van der Waals surface area contributed by atoms with E-state index in [1.807, 2.05) is 18.2 Å². The highest BCUT2D eigenvalue weighted by Crippen LogP contribution is 2.34. The van der Waals surface area contributed by atoms with Gasteiger partial charge < -0.3 is 24.7 Å². The number of nitrogens with zero attached hydrogens (tertiary/aromatic N) is 1. The first-order valence-electron chi connectivity index (χ1n) is 8.83. The molecule has 2 aliphatic heterocycles. The second-order valence-corrected chi connectivity index (χ2v) is 6.67. The molecule has 0 bridgehead atoms. The molecule has 9 nitrogen and oxygen atoms in total. The van der Waals surface area contributed by atoms with Gasteiger partial charge in [0.05, 0.1) is 6.42 Å². The molecular formula is C18H20N4O5. The van der Waals surface area contributed by atoms with Crippen molar-refractivity contribution in [2.24, 2.45) is 0 Å². The Labute approximate surface area is 154 Å². The van der Waals surface area contributed by atoms with Crippen LogP contribution >= 0.6 is 0 Å². The van der Waals surface area contributed by atoms with Crippen LogP contribution in [-0.2, 0) is 11.2 Å². The number of rotatable bonds is 4. The van der Waals surface area contributed by atoms with Gasteiger partial charge in [-0.1, -0.05) is 0 Å². The summed E-state index contributed by atoms with van der Waals surface area (Å²) in [4.78, 5) is 41.7. The van der Waals surface area contributed by atoms with E-state index in [1.165, 1.54) is 6.20 Å². The average Bonchev–Trinajstić information content (AvgIpc) is 3.12. The Morgan fingerprint density at radius 1 is 1.26 bits per heavy atom. The number of ether oxygens (including phenoxy) is 2. The summed E-state index contributed by atoms with van der Waals surface area (Å²) in [5.41, 5.74) is 0.0578. The van der Waals surface area contributed by atoms with E-state index in [2.05, 4.69) is 15.3 Å². The third-order valence-electron chi connectivity index (χ3n) is 4.76. The zero-order valence-corrected chi connectivity index (χ0v) is 14.6. The van der Waals surface area contributed by atoms with Crippen molar-refractivity contribution >= 4 is 11.6 Å². The lowest BCUT2D eigenvalue weighted by atomic mass is 10.0. The van der Waals surface area contributed by atoms with Crippen molar-refractivity contribution in [3.63, 3.8) is 0 Å². The van der Waals surface area contributed by atoms with Crippen molar-refractivity contribution in [2.75, 3.05) is 25.2 Å². The number of hydrogen-bond acceptors (Lipinski definition) is 6. The molecule has 1 amide bonds. The number of benzene rings is 1. The summed E-state index contributed by atoms with van der Waals surface area (Å²) in [5.74, 6) is 1.30. The van der Waals surface area contributed by atoms with Crippen LogP contribution in [0.3, 0.4) is 0 Å². The lowest BCUT2D eigenvalue weighted by Crippen LogP contribution is -2.46. The monoisotopic (exact) mass is 372 g/mol. The van der Waals surface area contributed by atoms with Crippen LogP contribution in [-0.4, -0.2) is 46.7 Å². The third kappa shape index (κ3) is 3.81. The zero-order valence-electron chi connectivity index (χ0n) is 14.6. The number of nitrogens with one attached hydrogen (secondary N) is 3. The molecule has 3 heterocycles. The van der Waals surface area contributed by atoms with Gasteiger partial charge in [-0.25, -0.2) is 4.79 Å². The van der Waals surface area contributed by atoms with Crippen molar-refractivity contribution in [3.8, 4) is 11.5 Å². The largest absolute Gasteiger partial charge is 0.454 e. The highest BCUT2D eigenvalue weighted by atomic mass is 16.7. The number of aromatic nitrogens is 2. The van der Waals surface area contributed by atoms with Crippen LogP contribution in [0.4, 0.5) is 5.69 Å². The number of aromatic amines is 2. The summed E-state index contributed by atoms with van der Waals surface area (Å²) in [7, 11) is 0. The van der Waals surface area contributed by atoms with E-state index in [4.69, 9.17) is 9.47 Å². The SMILES string of the molecule is O=C(Cc1c[nH]c(=O)[nH]c1=O)N1CCC[C@@H](Nc2ccc3c(c2)OCO3)C1. The molecule has 2 aromatic rings.